The number of pyridine rings is 1. The summed E-state index contributed by atoms with van der Waals surface area (Å²) in [7, 11) is 1.83. The molecule has 1 aromatic heterocycles. The Balaban J connectivity index is 2.09. The van der Waals surface area contributed by atoms with E-state index < -0.39 is 0 Å². The van der Waals surface area contributed by atoms with Crippen molar-refractivity contribution < 1.29 is 4.79 Å². The fourth-order valence-corrected chi connectivity index (χ4v) is 2.91. The van der Waals surface area contributed by atoms with Crippen LogP contribution in [0.15, 0.2) is 12.1 Å². The number of rotatable bonds is 5. The Bertz CT molecular complexity index is 505. The van der Waals surface area contributed by atoms with Crippen molar-refractivity contribution in [2.24, 2.45) is 5.41 Å². The summed E-state index contributed by atoms with van der Waals surface area (Å²) in [5.74, 6) is 1.06. The number of nitrogens with zero attached hydrogens (tertiary/aromatic N) is 1. The van der Waals surface area contributed by atoms with Gasteiger partial charge in [0.05, 0.1) is 0 Å². The molecule has 0 bridgehead atoms. The van der Waals surface area contributed by atoms with E-state index in [2.05, 4.69) is 36.4 Å². The predicted octanol–water partition coefficient (Wildman–Crippen LogP) is 3.56. The van der Waals surface area contributed by atoms with Crippen molar-refractivity contribution in [1.29, 1.82) is 0 Å². The van der Waals surface area contributed by atoms with Crippen molar-refractivity contribution in [3.63, 3.8) is 0 Å². The Labute approximate surface area is 127 Å². The average molecular weight is 289 g/mol. The third-order valence-electron chi connectivity index (χ3n) is 4.44. The molecule has 2 N–H and O–H groups in total. The average Bonchev–Trinajstić information content (AvgIpc) is 2.91. The molecule has 1 aliphatic carbocycles. The first-order valence-corrected chi connectivity index (χ1v) is 7.91. The fraction of sp³-hybridized carbons (Fsp3) is 0.647. The summed E-state index contributed by atoms with van der Waals surface area (Å²) in [5.41, 5.74) is 1.91. The molecule has 1 amide bonds. The van der Waals surface area contributed by atoms with Gasteiger partial charge in [-0.05, 0) is 36.3 Å². The van der Waals surface area contributed by atoms with E-state index >= 15 is 0 Å². The van der Waals surface area contributed by atoms with Gasteiger partial charge in [-0.1, -0.05) is 33.6 Å². The van der Waals surface area contributed by atoms with Crippen molar-refractivity contribution >= 4 is 11.7 Å². The van der Waals surface area contributed by atoms with Crippen LogP contribution in [0, 0.1) is 5.41 Å². The molecule has 1 saturated carbocycles. The lowest BCUT2D eigenvalue weighted by Crippen LogP contribution is -2.34. The highest BCUT2D eigenvalue weighted by Gasteiger charge is 2.29. The second-order valence-corrected chi connectivity index (χ2v) is 6.77. The molecule has 2 rings (SSSR count). The number of aromatic nitrogens is 1. The first-order chi connectivity index (χ1) is 9.93. The van der Waals surface area contributed by atoms with Crippen LogP contribution in [0.2, 0.25) is 0 Å². The summed E-state index contributed by atoms with van der Waals surface area (Å²) in [6.07, 6.45) is 4.98. The highest BCUT2D eigenvalue weighted by atomic mass is 16.1. The van der Waals surface area contributed by atoms with Gasteiger partial charge in [-0.15, -0.1) is 0 Å². The molecular formula is C17H27N3O. The van der Waals surface area contributed by atoms with Gasteiger partial charge in [0, 0.05) is 24.8 Å². The maximum atomic E-state index is 12.4. The number of carbonyl (C=O) groups is 1. The maximum Gasteiger partial charge on any atom is 0.251 e. The van der Waals surface area contributed by atoms with E-state index in [0.29, 0.717) is 11.5 Å². The molecule has 4 heteroatoms. The van der Waals surface area contributed by atoms with E-state index in [9.17, 15) is 4.79 Å². The van der Waals surface area contributed by atoms with E-state index in [-0.39, 0.29) is 11.3 Å². The minimum absolute atomic E-state index is 0.00363. The largest absolute Gasteiger partial charge is 0.373 e. The number of amides is 1. The van der Waals surface area contributed by atoms with E-state index in [4.69, 9.17) is 0 Å². The Morgan fingerprint density at radius 1 is 1.33 bits per heavy atom. The third kappa shape index (κ3) is 3.96. The van der Waals surface area contributed by atoms with Crippen LogP contribution < -0.4 is 10.6 Å². The smallest absolute Gasteiger partial charge is 0.251 e. The zero-order valence-corrected chi connectivity index (χ0v) is 13.6. The predicted molar refractivity (Wildman–Crippen MR) is 86.8 cm³/mol. The second-order valence-electron chi connectivity index (χ2n) is 6.77. The van der Waals surface area contributed by atoms with Gasteiger partial charge in [-0.2, -0.15) is 0 Å². The Morgan fingerprint density at radius 3 is 2.57 bits per heavy atom. The molecular weight excluding hydrogens is 262 g/mol. The first kappa shape index (κ1) is 15.8. The number of hydrogen-bond acceptors (Lipinski definition) is 3. The van der Waals surface area contributed by atoms with Crippen LogP contribution in [-0.2, 0) is 0 Å². The lowest BCUT2D eigenvalue weighted by molar-refractivity contribution is 0.0934. The number of carbonyl (C=O) groups excluding carboxylic acids is 1. The Kier molecular flexibility index (Phi) is 4.86. The van der Waals surface area contributed by atoms with Crippen molar-refractivity contribution in [3.05, 3.63) is 23.4 Å². The summed E-state index contributed by atoms with van der Waals surface area (Å²) >= 11 is 0. The molecule has 0 radical (unpaired) electrons. The van der Waals surface area contributed by atoms with Crippen LogP contribution in [0.4, 0.5) is 5.82 Å². The summed E-state index contributed by atoms with van der Waals surface area (Å²) in [5, 5.41) is 6.14. The van der Waals surface area contributed by atoms with E-state index in [1.54, 1.807) is 0 Å². The topological polar surface area (TPSA) is 54.0 Å². The van der Waals surface area contributed by atoms with Gasteiger partial charge < -0.3 is 10.6 Å². The summed E-state index contributed by atoms with van der Waals surface area (Å²) < 4.78 is 0. The van der Waals surface area contributed by atoms with Gasteiger partial charge in [0.2, 0.25) is 0 Å². The molecule has 1 heterocycles. The van der Waals surface area contributed by atoms with Crippen molar-refractivity contribution in [2.45, 2.75) is 52.4 Å². The molecule has 1 aromatic rings. The molecule has 0 aromatic carbocycles. The standard InChI is InChI=1S/C17H27N3O/c1-12(2)14-9-13(10-15(18-4)20-14)16(21)19-11-17(3)7-5-6-8-17/h9-10,12H,5-8,11H2,1-4H3,(H,18,20)(H,19,21). The Morgan fingerprint density at radius 2 is 2.00 bits per heavy atom. The normalized spacial score (nSPS) is 17.0. The molecule has 0 saturated heterocycles. The summed E-state index contributed by atoms with van der Waals surface area (Å²) in [4.78, 5) is 16.9. The highest BCUT2D eigenvalue weighted by molar-refractivity contribution is 5.95. The fourth-order valence-electron chi connectivity index (χ4n) is 2.91. The van der Waals surface area contributed by atoms with Crippen LogP contribution >= 0.6 is 0 Å². The van der Waals surface area contributed by atoms with Crippen molar-refractivity contribution in [2.75, 3.05) is 18.9 Å². The van der Waals surface area contributed by atoms with Crippen LogP contribution in [0.5, 0.6) is 0 Å². The lowest BCUT2D eigenvalue weighted by Gasteiger charge is -2.23. The molecule has 4 nitrogen and oxygen atoms in total. The van der Waals surface area contributed by atoms with Crippen molar-refractivity contribution in [1.82, 2.24) is 10.3 Å². The quantitative estimate of drug-likeness (QED) is 0.871. The zero-order valence-electron chi connectivity index (χ0n) is 13.6. The minimum Gasteiger partial charge on any atom is -0.373 e. The van der Waals surface area contributed by atoms with Gasteiger partial charge >= 0.3 is 0 Å². The lowest BCUT2D eigenvalue weighted by atomic mass is 9.89. The van der Waals surface area contributed by atoms with Gasteiger partial charge in [0.1, 0.15) is 5.82 Å². The molecule has 0 atom stereocenters. The number of hydrogen-bond donors (Lipinski definition) is 2. The molecule has 0 spiro atoms. The van der Waals surface area contributed by atoms with Crippen LogP contribution in [-0.4, -0.2) is 24.5 Å². The van der Waals surface area contributed by atoms with Crippen LogP contribution in [0.25, 0.3) is 0 Å². The van der Waals surface area contributed by atoms with Crippen LogP contribution in [0.3, 0.4) is 0 Å². The monoisotopic (exact) mass is 289 g/mol. The molecule has 1 fully saturated rings. The molecule has 0 aliphatic heterocycles. The summed E-state index contributed by atoms with van der Waals surface area (Å²) in [6, 6.07) is 3.72. The van der Waals surface area contributed by atoms with E-state index in [0.717, 1.165) is 18.1 Å². The number of anilines is 1. The van der Waals surface area contributed by atoms with Gasteiger partial charge in [-0.25, -0.2) is 4.98 Å². The molecule has 21 heavy (non-hydrogen) atoms. The molecule has 116 valence electrons. The number of nitrogens with one attached hydrogen (secondary N) is 2. The molecule has 1 aliphatic rings. The van der Waals surface area contributed by atoms with Gasteiger partial charge in [-0.3, -0.25) is 4.79 Å². The maximum absolute atomic E-state index is 12.4. The Hall–Kier alpha value is -1.58. The SMILES string of the molecule is CNc1cc(C(=O)NCC2(C)CCCC2)cc(C(C)C)n1. The summed E-state index contributed by atoms with van der Waals surface area (Å²) in [6.45, 7) is 7.21. The van der Waals surface area contributed by atoms with Crippen molar-refractivity contribution in [3.8, 4) is 0 Å². The van der Waals surface area contributed by atoms with Gasteiger partial charge in [0.15, 0.2) is 0 Å². The second kappa shape index (κ2) is 6.46. The zero-order chi connectivity index (χ0) is 15.5. The van der Waals surface area contributed by atoms with E-state index in [1.807, 2.05) is 19.2 Å². The van der Waals surface area contributed by atoms with Crippen LogP contribution in [0.1, 0.15) is 68.4 Å². The highest BCUT2D eigenvalue weighted by Crippen LogP contribution is 2.36. The first-order valence-electron chi connectivity index (χ1n) is 7.91. The van der Waals surface area contributed by atoms with Gasteiger partial charge in [0.25, 0.3) is 5.91 Å². The molecule has 0 unspecified atom stereocenters. The van der Waals surface area contributed by atoms with E-state index in [1.165, 1.54) is 25.7 Å². The third-order valence-corrected chi connectivity index (χ3v) is 4.44. The minimum atomic E-state index is 0.00363.